The van der Waals surface area contributed by atoms with Gasteiger partial charge in [0.05, 0.1) is 16.6 Å². The first kappa shape index (κ1) is 19.5. The standard InChI is InChI=1S/C22H22ClN3O3/c23-18-5-1-2-6-19(18)26-14-16(13-20(26)27)21(28)24-17-9-7-15(8-10-17)22(29)25-11-3-4-12-25/h1-2,5-10,16H,3-4,11-14H2,(H,24,28). The van der Waals surface area contributed by atoms with Crippen molar-refractivity contribution in [2.45, 2.75) is 19.3 Å². The molecule has 0 spiro atoms. The van der Waals surface area contributed by atoms with E-state index in [1.165, 1.54) is 0 Å². The molecule has 2 aliphatic heterocycles. The predicted octanol–water partition coefficient (Wildman–Crippen LogP) is 3.57. The van der Waals surface area contributed by atoms with Gasteiger partial charge in [-0.05, 0) is 49.2 Å². The summed E-state index contributed by atoms with van der Waals surface area (Å²) in [6.45, 7) is 1.89. The number of para-hydroxylation sites is 1. The number of nitrogens with zero attached hydrogens (tertiary/aromatic N) is 2. The minimum absolute atomic E-state index is 0.0251. The summed E-state index contributed by atoms with van der Waals surface area (Å²) >= 11 is 6.19. The Morgan fingerprint density at radius 1 is 1.00 bits per heavy atom. The number of carbonyl (C=O) groups excluding carboxylic acids is 3. The van der Waals surface area contributed by atoms with Crippen LogP contribution in [0.3, 0.4) is 0 Å². The van der Waals surface area contributed by atoms with Gasteiger partial charge in [0.15, 0.2) is 0 Å². The third kappa shape index (κ3) is 4.12. The Bertz CT molecular complexity index is 939. The molecule has 1 atom stereocenters. The molecule has 0 radical (unpaired) electrons. The molecule has 1 N–H and O–H groups in total. The highest BCUT2D eigenvalue weighted by atomic mass is 35.5. The Balaban J connectivity index is 1.39. The third-order valence-electron chi connectivity index (χ3n) is 5.43. The molecular weight excluding hydrogens is 390 g/mol. The Labute approximate surface area is 174 Å². The quantitative estimate of drug-likeness (QED) is 0.836. The molecule has 0 saturated carbocycles. The monoisotopic (exact) mass is 411 g/mol. The van der Waals surface area contributed by atoms with E-state index < -0.39 is 5.92 Å². The van der Waals surface area contributed by atoms with Crippen molar-refractivity contribution >= 4 is 40.7 Å². The summed E-state index contributed by atoms with van der Waals surface area (Å²) in [6.07, 6.45) is 2.24. The summed E-state index contributed by atoms with van der Waals surface area (Å²) in [6, 6.07) is 14.0. The average Bonchev–Trinajstić information content (AvgIpc) is 3.39. The molecule has 7 heteroatoms. The number of halogens is 1. The molecule has 4 rings (SSSR count). The normalized spacial score (nSPS) is 18.9. The van der Waals surface area contributed by atoms with E-state index in [2.05, 4.69) is 5.32 Å². The van der Waals surface area contributed by atoms with E-state index in [1.807, 2.05) is 11.0 Å². The van der Waals surface area contributed by atoms with Gasteiger partial charge >= 0.3 is 0 Å². The van der Waals surface area contributed by atoms with Crippen LogP contribution in [0.5, 0.6) is 0 Å². The minimum atomic E-state index is -0.454. The third-order valence-corrected chi connectivity index (χ3v) is 5.75. The topological polar surface area (TPSA) is 69.7 Å². The molecule has 3 amide bonds. The molecule has 0 bridgehead atoms. The van der Waals surface area contributed by atoms with Crippen molar-refractivity contribution in [3.8, 4) is 0 Å². The summed E-state index contributed by atoms with van der Waals surface area (Å²) in [5, 5.41) is 3.34. The summed E-state index contributed by atoms with van der Waals surface area (Å²) in [5.41, 5.74) is 1.85. The fourth-order valence-electron chi connectivity index (χ4n) is 3.83. The number of anilines is 2. The van der Waals surface area contributed by atoms with Gasteiger partial charge in [-0.15, -0.1) is 0 Å². The van der Waals surface area contributed by atoms with Gasteiger partial charge in [0.25, 0.3) is 5.91 Å². The summed E-state index contributed by atoms with van der Waals surface area (Å²) in [7, 11) is 0. The summed E-state index contributed by atoms with van der Waals surface area (Å²) < 4.78 is 0. The number of benzene rings is 2. The first-order valence-corrected chi connectivity index (χ1v) is 10.2. The van der Waals surface area contributed by atoms with Crippen LogP contribution in [0.4, 0.5) is 11.4 Å². The minimum Gasteiger partial charge on any atom is -0.339 e. The van der Waals surface area contributed by atoms with Crippen LogP contribution >= 0.6 is 11.6 Å². The van der Waals surface area contributed by atoms with Gasteiger partial charge in [-0.2, -0.15) is 0 Å². The molecule has 2 heterocycles. The maximum absolute atomic E-state index is 12.7. The second-order valence-corrected chi connectivity index (χ2v) is 7.83. The Kier molecular flexibility index (Phi) is 5.53. The lowest BCUT2D eigenvalue weighted by Gasteiger charge is -2.18. The molecular formula is C22H22ClN3O3. The van der Waals surface area contributed by atoms with Crippen molar-refractivity contribution in [1.82, 2.24) is 4.90 Å². The zero-order valence-electron chi connectivity index (χ0n) is 15.9. The van der Waals surface area contributed by atoms with Crippen LogP contribution in [0.2, 0.25) is 5.02 Å². The molecule has 2 aromatic rings. The summed E-state index contributed by atoms with van der Waals surface area (Å²) in [4.78, 5) is 40.9. The van der Waals surface area contributed by atoms with Crippen LogP contribution in [-0.2, 0) is 9.59 Å². The van der Waals surface area contributed by atoms with Gasteiger partial charge in [0.1, 0.15) is 0 Å². The van der Waals surface area contributed by atoms with Gasteiger partial charge in [0.2, 0.25) is 11.8 Å². The van der Waals surface area contributed by atoms with Gasteiger partial charge in [-0.1, -0.05) is 23.7 Å². The van der Waals surface area contributed by atoms with E-state index >= 15 is 0 Å². The second-order valence-electron chi connectivity index (χ2n) is 7.42. The molecule has 2 aromatic carbocycles. The van der Waals surface area contributed by atoms with Gasteiger partial charge in [-0.3, -0.25) is 14.4 Å². The first-order chi connectivity index (χ1) is 14.0. The van der Waals surface area contributed by atoms with E-state index in [0.29, 0.717) is 28.5 Å². The maximum atomic E-state index is 12.7. The Morgan fingerprint density at radius 2 is 1.69 bits per heavy atom. The van der Waals surface area contributed by atoms with Crippen LogP contribution in [0.15, 0.2) is 48.5 Å². The molecule has 2 fully saturated rings. The van der Waals surface area contributed by atoms with Crippen molar-refractivity contribution < 1.29 is 14.4 Å². The molecule has 29 heavy (non-hydrogen) atoms. The molecule has 150 valence electrons. The molecule has 6 nitrogen and oxygen atoms in total. The molecule has 2 aliphatic rings. The number of hydrogen-bond donors (Lipinski definition) is 1. The Hall–Kier alpha value is -2.86. The van der Waals surface area contributed by atoms with Crippen LogP contribution in [-0.4, -0.2) is 42.3 Å². The predicted molar refractivity (Wildman–Crippen MR) is 112 cm³/mol. The highest BCUT2D eigenvalue weighted by Gasteiger charge is 2.35. The van der Waals surface area contributed by atoms with Crippen molar-refractivity contribution in [2.24, 2.45) is 5.92 Å². The number of nitrogens with one attached hydrogen (secondary N) is 1. The lowest BCUT2D eigenvalue weighted by Crippen LogP contribution is -2.28. The van der Waals surface area contributed by atoms with E-state index in [1.54, 1.807) is 47.4 Å². The average molecular weight is 412 g/mol. The van der Waals surface area contributed by atoms with Gasteiger partial charge in [-0.25, -0.2) is 0 Å². The zero-order chi connectivity index (χ0) is 20.4. The number of amides is 3. The number of rotatable bonds is 4. The fraction of sp³-hybridized carbons (Fsp3) is 0.318. The van der Waals surface area contributed by atoms with Crippen LogP contribution in [0, 0.1) is 5.92 Å². The number of hydrogen-bond acceptors (Lipinski definition) is 3. The second kappa shape index (κ2) is 8.25. The van der Waals surface area contributed by atoms with E-state index in [9.17, 15) is 14.4 Å². The van der Waals surface area contributed by atoms with Crippen LogP contribution < -0.4 is 10.2 Å². The largest absolute Gasteiger partial charge is 0.339 e. The lowest BCUT2D eigenvalue weighted by molar-refractivity contribution is -0.122. The first-order valence-electron chi connectivity index (χ1n) is 9.78. The number of likely N-dealkylation sites (tertiary alicyclic amines) is 1. The van der Waals surface area contributed by atoms with E-state index in [4.69, 9.17) is 11.6 Å². The van der Waals surface area contributed by atoms with Crippen molar-refractivity contribution in [1.29, 1.82) is 0 Å². The number of carbonyl (C=O) groups is 3. The molecule has 0 aromatic heterocycles. The highest BCUT2D eigenvalue weighted by molar-refractivity contribution is 6.33. The zero-order valence-corrected chi connectivity index (χ0v) is 16.7. The van der Waals surface area contributed by atoms with Crippen molar-refractivity contribution in [2.75, 3.05) is 29.9 Å². The van der Waals surface area contributed by atoms with Gasteiger partial charge in [0, 0.05) is 37.3 Å². The SMILES string of the molecule is O=C(Nc1ccc(C(=O)N2CCCC2)cc1)C1CC(=O)N(c2ccccc2Cl)C1. The fourth-order valence-corrected chi connectivity index (χ4v) is 4.07. The summed E-state index contributed by atoms with van der Waals surface area (Å²) in [5.74, 6) is -0.766. The smallest absolute Gasteiger partial charge is 0.253 e. The maximum Gasteiger partial charge on any atom is 0.253 e. The molecule has 0 aliphatic carbocycles. The van der Waals surface area contributed by atoms with Crippen LogP contribution in [0.1, 0.15) is 29.6 Å². The molecule has 2 saturated heterocycles. The van der Waals surface area contributed by atoms with E-state index in [-0.39, 0.29) is 24.1 Å². The van der Waals surface area contributed by atoms with Crippen molar-refractivity contribution in [3.63, 3.8) is 0 Å². The van der Waals surface area contributed by atoms with E-state index in [0.717, 1.165) is 25.9 Å². The Morgan fingerprint density at radius 3 is 2.38 bits per heavy atom. The van der Waals surface area contributed by atoms with Crippen molar-refractivity contribution in [3.05, 3.63) is 59.1 Å². The highest BCUT2D eigenvalue weighted by Crippen LogP contribution is 2.31. The molecule has 1 unspecified atom stereocenters. The van der Waals surface area contributed by atoms with Gasteiger partial charge < -0.3 is 15.1 Å². The lowest BCUT2D eigenvalue weighted by atomic mass is 10.1. The van der Waals surface area contributed by atoms with Crippen LogP contribution in [0.25, 0.3) is 0 Å².